The lowest BCUT2D eigenvalue weighted by Gasteiger charge is -2.18. The first kappa shape index (κ1) is 14.6. The van der Waals surface area contributed by atoms with Gasteiger partial charge in [0.1, 0.15) is 12.4 Å². The van der Waals surface area contributed by atoms with Gasteiger partial charge in [0.15, 0.2) is 0 Å². The Labute approximate surface area is 116 Å². The molecule has 0 aliphatic carbocycles. The van der Waals surface area contributed by atoms with Gasteiger partial charge >= 0.3 is 0 Å². The van der Waals surface area contributed by atoms with E-state index in [9.17, 15) is 0 Å². The molecule has 94 valence electrons. The fourth-order valence-corrected chi connectivity index (χ4v) is 1.86. The SMILES string of the molecule is C=C(Br)COc1ccc(Cl)cc1C(C)NCC. The molecule has 1 N–H and O–H groups in total. The minimum absolute atomic E-state index is 0.206. The van der Waals surface area contributed by atoms with E-state index in [-0.39, 0.29) is 6.04 Å². The molecule has 1 aromatic rings. The minimum atomic E-state index is 0.206. The van der Waals surface area contributed by atoms with Gasteiger partial charge < -0.3 is 10.1 Å². The maximum absolute atomic E-state index is 6.01. The topological polar surface area (TPSA) is 21.3 Å². The molecule has 0 aliphatic heterocycles. The molecule has 0 radical (unpaired) electrons. The number of nitrogens with one attached hydrogen (secondary N) is 1. The molecular weight excluding hydrogens is 302 g/mol. The number of rotatable bonds is 6. The Morgan fingerprint density at radius 3 is 2.88 bits per heavy atom. The van der Waals surface area contributed by atoms with Crippen molar-refractivity contribution in [1.29, 1.82) is 0 Å². The lowest BCUT2D eigenvalue weighted by Crippen LogP contribution is -2.18. The van der Waals surface area contributed by atoms with E-state index in [0.29, 0.717) is 6.61 Å². The van der Waals surface area contributed by atoms with Crippen LogP contribution < -0.4 is 10.1 Å². The zero-order valence-electron chi connectivity index (χ0n) is 10.1. The van der Waals surface area contributed by atoms with Gasteiger partial charge in [-0.2, -0.15) is 0 Å². The predicted molar refractivity (Wildman–Crippen MR) is 77.1 cm³/mol. The van der Waals surface area contributed by atoms with E-state index in [0.717, 1.165) is 27.4 Å². The van der Waals surface area contributed by atoms with Crippen LogP contribution in [0.5, 0.6) is 5.75 Å². The number of halogens is 2. The molecule has 0 aromatic heterocycles. The summed E-state index contributed by atoms with van der Waals surface area (Å²) in [5.74, 6) is 0.837. The second-order valence-corrected chi connectivity index (χ2v) is 5.33. The van der Waals surface area contributed by atoms with Crippen LogP contribution in [0.25, 0.3) is 0 Å². The van der Waals surface area contributed by atoms with Crippen molar-refractivity contribution < 1.29 is 4.74 Å². The fourth-order valence-electron chi connectivity index (χ4n) is 1.56. The summed E-state index contributed by atoms with van der Waals surface area (Å²) in [5.41, 5.74) is 1.06. The van der Waals surface area contributed by atoms with E-state index in [1.165, 1.54) is 0 Å². The second kappa shape index (κ2) is 7.04. The average molecular weight is 319 g/mol. The van der Waals surface area contributed by atoms with Crippen molar-refractivity contribution in [2.75, 3.05) is 13.2 Å². The summed E-state index contributed by atoms with van der Waals surface area (Å²) in [4.78, 5) is 0. The Bertz CT molecular complexity index is 395. The van der Waals surface area contributed by atoms with Crippen molar-refractivity contribution in [1.82, 2.24) is 5.32 Å². The summed E-state index contributed by atoms with van der Waals surface area (Å²) in [6.07, 6.45) is 0. The highest BCUT2D eigenvalue weighted by Crippen LogP contribution is 2.28. The van der Waals surface area contributed by atoms with Gasteiger partial charge in [0, 0.05) is 21.1 Å². The molecule has 0 spiro atoms. The normalized spacial score (nSPS) is 12.2. The molecule has 1 aromatic carbocycles. The van der Waals surface area contributed by atoms with Crippen LogP contribution in [0.15, 0.2) is 29.3 Å². The Hall–Kier alpha value is -0.510. The molecule has 0 fully saturated rings. The van der Waals surface area contributed by atoms with Crippen LogP contribution in [-0.2, 0) is 0 Å². The lowest BCUT2D eigenvalue weighted by atomic mass is 10.1. The number of benzene rings is 1. The van der Waals surface area contributed by atoms with Gasteiger partial charge in [0.25, 0.3) is 0 Å². The Morgan fingerprint density at radius 2 is 2.29 bits per heavy atom. The van der Waals surface area contributed by atoms with E-state index < -0.39 is 0 Å². The molecule has 0 bridgehead atoms. The van der Waals surface area contributed by atoms with Crippen LogP contribution in [0.1, 0.15) is 25.5 Å². The van der Waals surface area contributed by atoms with Crippen LogP contribution in [0, 0.1) is 0 Å². The summed E-state index contributed by atoms with van der Waals surface area (Å²) in [6, 6.07) is 5.86. The maximum atomic E-state index is 6.01. The number of hydrogen-bond donors (Lipinski definition) is 1. The van der Waals surface area contributed by atoms with Crippen molar-refractivity contribution in [3.63, 3.8) is 0 Å². The lowest BCUT2D eigenvalue weighted by molar-refractivity contribution is 0.352. The molecule has 1 rings (SSSR count). The predicted octanol–water partition coefficient (Wildman–Crippen LogP) is 4.30. The van der Waals surface area contributed by atoms with Crippen molar-refractivity contribution in [2.24, 2.45) is 0 Å². The first-order chi connectivity index (χ1) is 8.04. The van der Waals surface area contributed by atoms with E-state index >= 15 is 0 Å². The van der Waals surface area contributed by atoms with E-state index in [2.05, 4.69) is 41.7 Å². The van der Waals surface area contributed by atoms with Gasteiger partial charge in [-0.15, -0.1) is 0 Å². The average Bonchev–Trinajstić information content (AvgIpc) is 2.27. The number of ether oxygens (including phenoxy) is 1. The fraction of sp³-hybridized carbons (Fsp3) is 0.385. The standard InChI is InChI=1S/C13H17BrClNO/c1-4-16-10(3)12-7-11(15)5-6-13(12)17-8-9(2)14/h5-7,10,16H,2,4,8H2,1,3H3. The minimum Gasteiger partial charge on any atom is -0.488 e. The highest BCUT2D eigenvalue weighted by Gasteiger charge is 2.11. The summed E-state index contributed by atoms with van der Waals surface area (Å²) < 4.78 is 6.49. The van der Waals surface area contributed by atoms with Crippen LogP contribution in [0.2, 0.25) is 5.02 Å². The molecule has 0 saturated heterocycles. The van der Waals surface area contributed by atoms with Gasteiger partial charge in [-0.1, -0.05) is 41.0 Å². The van der Waals surface area contributed by atoms with Gasteiger partial charge in [-0.3, -0.25) is 0 Å². The van der Waals surface area contributed by atoms with Crippen LogP contribution >= 0.6 is 27.5 Å². The molecular formula is C13H17BrClNO. The van der Waals surface area contributed by atoms with E-state index in [1.807, 2.05) is 18.2 Å². The second-order valence-electron chi connectivity index (χ2n) is 3.77. The van der Waals surface area contributed by atoms with Crippen molar-refractivity contribution in [2.45, 2.75) is 19.9 Å². The smallest absolute Gasteiger partial charge is 0.124 e. The quantitative estimate of drug-likeness (QED) is 0.844. The monoisotopic (exact) mass is 317 g/mol. The zero-order chi connectivity index (χ0) is 12.8. The third-order valence-electron chi connectivity index (χ3n) is 2.33. The van der Waals surface area contributed by atoms with Gasteiger partial charge in [-0.05, 0) is 31.7 Å². The van der Waals surface area contributed by atoms with E-state index in [1.54, 1.807) is 0 Å². The first-order valence-electron chi connectivity index (χ1n) is 5.53. The Balaban J connectivity index is 2.90. The summed E-state index contributed by atoms with van der Waals surface area (Å²) >= 11 is 9.29. The summed E-state index contributed by atoms with van der Waals surface area (Å²) in [7, 11) is 0. The van der Waals surface area contributed by atoms with Gasteiger partial charge in [0.2, 0.25) is 0 Å². The van der Waals surface area contributed by atoms with Crippen molar-refractivity contribution in [3.05, 3.63) is 39.8 Å². The molecule has 17 heavy (non-hydrogen) atoms. The molecule has 1 unspecified atom stereocenters. The Morgan fingerprint density at radius 1 is 1.59 bits per heavy atom. The third-order valence-corrected chi connectivity index (χ3v) is 2.80. The number of hydrogen-bond acceptors (Lipinski definition) is 2. The van der Waals surface area contributed by atoms with Crippen molar-refractivity contribution in [3.8, 4) is 5.75 Å². The summed E-state index contributed by atoms with van der Waals surface area (Å²) in [5, 5.41) is 4.06. The first-order valence-corrected chi connectivity index (χ1v) is 6.70. The zero-order valence-corrected chi connectivity index (χ0v) is 12.4. The van der Waals surface area contributed by atoms with Gasteiger partial charge in [0.05, 0.1) is 0 Å². The van der Waals surface area contributed by atoms with Crippen LogP contribution in [-0.4, -0.2) is 13.2 Å². The molecule has 0 heterocycles. The molecule has 1 atom stereocenters. The van der Waals surface area contributed by atoms with Crippen molar-refractivity contribution >= 4 is 27.5 Å². The van der Waals surface area contributed by atoms with Gasteiger partial charge in [-0.25, -0.2) is 0 Å². The van der Waals surface area contributed by atoms with Crippen LogP contribution in [0.4, 0.5) is 0 Å². The summed E-state index contributed by atoms with van der Waals surface area (Å²) in [6.45, 7) is 9.26. The highest BCUT2D eigenvalue weighted by atomic mass is 79.9. The van der Waals surface area contributed by atoms with E-state index in [4.69, 9.17) is 16.3 Å². The Kier molecular flexibility index (Phi) is 6.03. The maximum Gasteiger partial charge on any atom is 0.124 e. The molecule has 0 aliphatic rings. The van der Waals surface area contributed by atoms with Crippen LogP contribution in [0.3, 0.4) is 0 Å². The molecule has 0 saturated carbocycles. The molecule has 4 heteroatoms. The molecule has 0 amide bonds. The highest BCUT2D eigenvalue weighted by molar-refractivity contribution is 9.11. The largest absolute Gasteiger partial charge is 0.488 e. The molecule has 2 nitrogen and oxygen atoms in total. The third kappa shape index (κ3) is 4.70.